The van der Waals surface area contributed by atoms with Crippen LogP contribution in [0.5, 0.6) is 5.75 Å². The number of anilines is 1. The van der Waals surface area contributed by atoms with E-state index >= 15 is 0 Å². The molecule has 0 bridgehead atoms. The molecular weight excluding hydrogens is 244 g/mol. The van der Waals surface area contributed by atoms with E-state index in [0.29, 0.717) is 29.3 Å². The van der Waals surface area contributed by atoms with Gasteiger partial charge in [0.25, 0.3) is 5.91 Å². The number of benzene rings is 1. The van der Waals surface area contributed by atoms with Gasteiger partial charge in [-0.15, -0.1) is 0 Å². The van der Waals surface area contributed by atoms with Crippen molar-refractivity contribution in [3.63, 3.8) is 0 Å². The van der Waals surface area contributed by atoms with Crippen LogP contribution in [0.4, 0.5) is 5.69 Å². The predicted molar refractivity (Wildman–Crippen MR) is 75.2 cm³/mol. The molecule has 1 aromatic rings. The third-order valence-corrected chi connectivity index (χ3v) is 2.75. The minimum absolute atomic E-state index is 0.225. The van der Waals surface area contributed by atoms with Crippen LogP contribution in [0, 0.1) is 5.92 Å². The highest BCUT2D eigenvalue weighted by Crippen LogP contribution is 2.19. The molecule has 0 fully saturated rings. The second kappa shape index (κ2) is 6.99. The molecule has 1 unspecified atom stereocenters. The number of aliphatic hydroxyl groups excluding tert-OH is 1. The van der Waals surface area contributed by atoms with Gasteiger partial charge in [0.2, 0.25) is 0 Å². The van der Waals surface area contributed by atoms with Crippen LogP contribution in [-0.2, 0) is 0 Å². The number of nitrogen functional groups attached to an aromatic ring is 1. The lowest BCUT2D eigenvalue weighted by Crippen LogP contribution is -2.33. The van der Waals surface area contributed by atoms with Crippen molar-refractivity contribution in [1.82, 2.24) is 5.32 Å². The van der Waals surface area contributed by atoms with E-state index in [0.717, 1.165) is 0 Å². The summed E-state index contributed by atoms with van der Waals surface area (Å²) in [5, 5.41) is 12.4. The molecule has 0 heterocycles. The van der Waals surface area contributed by atoms with Crippen molar-refractivity contribution in [3.8, 4) is 5.75 Å². The number of carbonyl (C=O) groups excluding carboxylic acids is 1. The molecule has 1 rings (SSSR count). The Morgan fingerprint density at radius 1 is 1.47 bits per heavy atom. The molecule has 0 radical (unpaired) electrons. The third-order valence-electron chi connectivity index (χ3n) is 2.75. The summed E-state index contributed by atoms with van der Waals surface area (Å²) < 4.78 is 5.02. The molecule has 1 amide bonds. The van der Waals surface area contributed by atoms with Gasteiger partial charge in [-0.3, -0.25) is 4.79 Å². The summed E-state index contributed by atoms with van der Waals surface area (Å²) in [6, 6.07) is 4.88. The van der Waals surface area contributed by atoms with Crippen LogP contribution >= 0.6 is 0 Å². The van der Waals surface area contributed by atoms with Gasteiger partial charge in [0.1, 0.15) is 5.75 Å². The minimum Gasteiger partial charge on any atom is -0.497 e. The fourth-order valence-corrected chi connectivity index (χ4v) is 1.81. The van der Waals surface area contributed by atoms with Crippen molar-refractivity contribution in [1.29, 1.82) is 0 Å². The highest BCUT2D eigenvalue weighted by Gasteiger charge is 2.13. The van der Waals surface area contributed by atoms with Gasteiger partial charge >= 0.3 is 0 Å². The Labute approximate surface area is 113 Å². The Bertz CT molecular complexity index is 433. The average Bonchev–Trinajstić information content (AvgIpc) is 2.35. The number of hydrogen-bond donors (Lipinski definition) is 3. The lowest BCUT2D eigenvalue weighted by Gasteiger charge is -2.14. The number of rotatable bonds is 6. The monoisotopic (exact) mass is 266 g/mol. The van der Waals surface area contributed by atoms with Crippen LogP contribution in [0.1, 0.15) is 30.6 Å². The largest absolute Gasteiger partial charge is 0.497 e. The molecule has 0 aliphatic carbocycles. The molecule has 1 atom stereocenters. The van der Waals surface area contributed by atoms with Crippen LogP contribution in [-0.4, -0.2) is 30.8 Å². The fraction of sp³-hybridized carbons (Fsp3) is 0.500. The topological polar surface area (TPSA) is 84.6 Å². The number of methoxy groups -OCH3 is 1. The molecule has 0 aromatic heterocycles. The van der Waals surface area contributed by atoms with Crippen LogP contribution in [0.25, 0.3) is 0 Å². The molecule has 4 N–H and O–H groups in total. The maximum Gasteiger partial charge on any atom is 0.253 e. The first-order chi connectivity index (χ1) is 8.93. The zero-order valence-electron chi connectivity index (χ0n) is 11.6. The molecule has 1 aromatic carbocycles. The van der Waals surface area contributed by atoms with Gasteiger partial charge in [-0.25, -0.2) is 0 Å². The molecule has 0 aliphatic rings. The van der Waals surface area contributed by atoms with Crippen LogP contribution in [0.3, 0.4) is 0 Å². The predicted octanol–water partition coefficient (Wildman–Crippen LogP) is 1.41. The average molecular weight is 266 g/mol. The standard InChI is InChI=1S/C14H22N2O3/c1-9(2)6-10(17)8-16-14(18)12-5-4-11(19-3)7-13(12)15/h4-5,7,9-10,17H,6,8,15H2,1-3H3,(H,16,18). The SMILES string of the molecule is COc1ccc(C(=O)NCC(O)CC(C)C)c(N)c1. The van der Waals surface area contributed by atoms with E-state index in [9.17, 15) is 9.90 Å². The van der Waals surface area contributed by atoms with Crippen molar-refractivity contribution in [2.24, 2.45) is 5.92 Å². The van der Waals surface area contributed by atoms with Crippen molar-refractivity contribution in [3.05, 3.63) is 23.8 Å². The smallest absolute Gasteiger partial charge is 0.253 e. The summed E-state index contributed by atoms with van der Waals surface area (Å²) in [4.78, 5) is 11.9. The van der Waals surface area contributed by atoms with Crippen molar-refractivity contribution in [2.75, 3.05) is 19.4 Å². The Morgan fingerprint density at radius 3 is 2.68 bits per heavy atom. The van der Waals surface area contributed by atoms with E-state index in [1.165, 1.54) is 7.11 Å². The zero-order valence-corrected chi connectivity index (χ0v) is 11.6. The summed E-state index contributed by atoms with van der Waals surface area (Å²) in [6.07, 6.45) is 0.113. The van der Waals surface area contributed by atoms with Gasteiger partial charge < -0.3 is 20.9 Å². The normalized spacial score (nSPS) is 12.3. The van der Waals surface area contributed by atoms with Crippen molar-refractivity contribution >= 4 is 11.6 Å². The summed E-state index contributed by atoms with van der Waals surface area (Å²) in [6.45, 7) is 4.27. The Balaban J connectivity index is 2.58. The Morgan fingerprint density at radius 2 is 2.16 bits per heavy atom. The molecule has 5 nitrogen and oxygen atoms in total. The number of carbonyl (C=O) groups is 1. The first-order valence-electron chi connectivity index (χ1n) is 6.33. The maximum absolute atomic E-state index is 11.9. The Kier molecular flexibility index (Phi) is 5.63. The number of aliphatic hydroxyl groups is 1. The first kappa shape index (κ1) is 15.3. The molecule has 19 heavy (non-hydrogen) atoms. The summed E-state index contributed by atoms with van der Waals surface area (Å²) in [5.74, 6) is 0.704. The minimum atomic E-state index is -0.538. The summed E-state index contributed by atoms with van der Waals surface area (Å²) in [7, 11) is 1.54. The highest BCUT2D eigenvalue weighted by molar-refractivity contribution is 5.99. The lowest BCUT2D eigenvalue weighted by atomic mass is 10.1. The van der Waals surface area contributed by atoms with Gasteiger partial charge in [0.05, 0.1) is 18.8 Å². The molecule has 0 saturated heterocycles. The number of hydrogen-bond acceptors (Lipinski definition) is 4. The van der Waals surface area contributed by atoms with E-state index < -0.39 is 6.10 Å². The van der Waals surface area contributed by atoms with Gasteiger partial charge in [-0.1, -0.05) is 13.8 Å². The van der Waals surface area contributed by atoms with E-state index in [4.69, 9.17) is 10.5 Å². The van der Waals surface area contributed by atoms with E-state index in [2.05, 4.69) is 5.32 Å². The quantitative estimate of drug-likeness (QED) is 0.680. The van der Waals surface area contributed by atoms with Crippen LogP contribution in [0.2, 0.25) is 0 Å². The molecular formula is C14H22N2O3. The van der Waals surface area contributed by atoms with Gasteiger partial charge in [-0.2, -0.15) is 0 Å². The number of ether oxygens (including phenoxy) is 1. The second-order valence-corrected chi connectivity index (χ2v) is 4.95. The first-order valence-corrected chi connectivity index (χ1v) is 6.33. The summed E-state index contributed by atoms with van der Waals surface area (Å²) in [5.41, 5.74) is 6.52. The van der Waals surface area contributed by atoms with Crippen molar-refractivity contribution in [2.45, 2.75) is 26.4 Å². The molecule has 5 heteroatoms. The number of nitrogens with two attached hydrogens (primary N) is 1. The zero-order chi connectivity index (χ0) is 14.4. The fourth-order valence-electron chi connectivity index (χ4n) is 1.81. The Hall–Kier alpha value is -1.75. The van der Waals surface area contributed by atoms with Crippen LogP contribution in [0.15, 0.2) is 18.2 Å². The molecule has 106 valence electrons. The number of nitrogens with one attached hydrogen (secondary N) is 1. The molecule has 0 aliphatic heterocycles. The maximum atomic E-state index is 11.9. The molecule has 0 spiro atoms. The second-order valence-electron chi connectivity index (χ2n) is 4.95. The lowest BCUT2D eigenvalue weighted by molar-refractivity contribution is 0.0901. The van der Waals surface area contributed by atoms with Gasteiger partial charge in [0.15, 0.2) is 0 Å². The van der Waals surface area contributed by atoms with Gasteiger partial charge in [-0.05, 0) is 24.5 Å². The highest BCUT2D eigenvalue weighted by atomic mass is 16.5. The summed E-state index contributed by atoms with van der Waals surface area (Å²) >= 11 is 0. The van der Waals surface area contributed by atoms with Crippen LogP contribution < -0.4 is 15.8 Å². The van der Waals surface area contributed by atoms with E-state index in [1.807, 2.05) is 13.8 Å². The molecule has 0 saturated carbocycles. The van der Waals surface area contributed by atoms with E-state index in [-0.39, 0.29) is 12.5 Å². The van der Waals surface area contributed by atoms with Crippen molar-refractivity contribution < 1.29 is 14.6 Å². The van der Waals surface area contributed by atoms with E-state index in [1.54, 1.807) is 18.2 Å². The van der Waals surface area contributed by atoms with Gasteiger partial charge in [0, 0.05) is 18.3 Å². The number of amides is 1. The third kappa shape index (κ3) is 4.79.